The Balaban J connectivity index is 2.52. The van der Waals surface area contributed by atoms with Gasteiger partial charge in [0.25, 0.3) is 0 Å². The third-order valence-corrected chi connectivity index (χ3v) is 2.85. The fraction of sp³-hybridized carbons (Fsp3) is 0.455. The maximum Gasteiger partial charge on any atom is 0.127 e. The van der Waals surface area contributed by atoms with Crippen LogP contribution in [-0.4, -0.2) is 5.11 Å². The second kappa shape index (κ2) is 3.11. The van der Waals surface area contributed by atoms with Crippen LogP contribution in [0.2, 0.25) is 0 Å². The van der Waals surface area contributed by atoms with Gasteiger partial charge in [-0.25, -0.2) is 4.39 Å². The van der Waals surface area contributed by atoms with E-state index in [-0.39, 0.29) is 11.7 Å². The Bertz CT molecular complexity index is 322. The molecule has 0 amide bonds. The molecule has 1 aliphatic carbocycles. The first-order chi connectivity index (χ1) is 6.24. The van der Waals surface area contributed by atoms with Crippen LogP contribution in [0.5, 0.6) is 0 Å². The number of fused-ring (bicyclic) bond motifs is 1. The number of hydrogen-bond donors (Lipinski definition) is 1. The van der Waals surface area contributed by atoms with Crippen molar-refractivity contribution in [2.45, 2.75) is 31.8 Å². The molecule has 0 bridgehead atoms. The molecule has 0 aliphatic heterocycles. The Kier molecular flexibility index (Phi) is 2.08. The highest BCUT2D eigenvalue weighted by Crippen LogP contribution is 2.42. The van der Waals surface area contributed by atoms with Crippen LogP contribution >= 0.6 is 0 Å². The van der Waals surface area contributed by atoms with Crippen molar-refractivity contribution in [3.05, 3.63) is 35.1 Å². The van der Waals surface area contributed by atoms with E-state index in [0.717, 1.165) is 17.5 Å². The molecule has 1 aromatic carbocycles. The molecule has 1 nitrogen and oxygen atoms in total. The van der Waals surface area contributed by atoms with E-state index in [2.05, 4.69) is 0 Å². The molecule has 0 spiro atoms. The summed E-state index contributed by atoms with van der Waals surface area (Å²) in [5, 5.41) is 9.64. The monoisotopic (exact) mass is 180 g/mol. The summed E-state index contributed by atoms with van der Waals surface area (Å²) in [7, 11) is 0. The number of benzene rings is 1. The number of halogens is 1. The van der Waals surface area contributed by atoms with Crippen molar-refractivity contribution < 1.29 is 9.50 Å². The van der Waals surface area contributed by atoms with Crippen molar-refractivity contribution in [3.8, 4) is 0 Å². The van der Waals surface area contributed by atoms with Gasteiger partial charge >= 0.3 is 0 Å². The van der Waals surface area contributed by atoms with Crippen molar-refractivity contribution in [1.29, 1.82) is 0 Å². The van der Waals surface area contributed by atoms with Crippen LogP contribution in [0.25, 0.3) is 0 Å². The average molecular weight is 180 g/mol. The minimum absolute atomic E-state index is 0.166. The van der Waals surface area contributed by atoms with Crippen molar-refractivity contribution >= 4 is 0 Å². The van der Waals surface area contributed by atoms with Crippen LogP contribution in [0, 0.1) is 5.82 Å². The maximum atomic E-state index is 13.4. The van der Waals surface area contributed by atoms with Crippen molar-refractivity contribution in [2.24, 2.45) is 0 Å². The zero-order chi connectivity index (χ0) is 9.42. The van der Waals surface area contributed by atoms with Gasteiger partial charge in [0.2, 0.25) is 0 Å². The second-order valence-corrected chi connectivity index (χ2v) is 3.60. The molecule has 0 saturated carbocycles. The lowest BCUT2D eigenvalue weighted by Crippen LogP contribution is -1.94. The van der Waals surface area contributed by atoms with E-state index in [1.54, 1.807) is 6.07 Å². The third kappa shape index (κ3) is 1.25. The van der Waals surface area contributed by atoms with Gasteiger partial charge in [0.1, 0.15) is 5.82 Å². The molecule has 1 aromatic rings. The maximum absolute atomic E-state index is 13.4. The Labute approximate surface area is 77.2 Å². The molecular weight excluding hydrogens is 167 g/mol. The van der Waals surface area contributed by atoms with Gasteiger partial charge in [-0.2, -0.15) is 0 Å². The van der Waals surface area contributed by atoms with Crippen LogP contribution in [0.4, 0.5) is 4.39 Å². The summed E-state index contributed by atoms with van der Waals surface area (Å²) >= 11 is 0. The highest BCUT2D eigenvalue weighted by Gasteiger charge is 2.30. The minimum atomic E-state index is -0.462. The van der Waals surface area contributed by atoms with E-state index in [1.807, 2.05) is 13.0 Å². The van der Waals surface area contributed by atoms with Crippen molar-refractivity contribution in [1.82, 2.24) is 0 Å². The first-order valence-electron chi connectivity index (χ1n) is 4.70. The van der Waals surface area contributed by atoms with E-state index >= 15 is 0 Å². The summed E-state index contributed by atoms with van der Waals surface area (Å²) in [5.41, 5.74) is 1.52. The van der Waals surface area contributed by atoms with E-state index in [1.165, 1.54) is 6.07 Å². The normalized spacial score (nSPS) is 26.1. The second-order valence-electron chi connectivity index (χ2n) is 3.60. The fourth-order valence-electron chi connectivity index (χ4n) is 2.16. The molecule has 1 aliphatic rings. The van der Waals surface area contributed by atoms with Gasteiger partial charge in [0, 0.05) is 0 Å². The standard InChI is InChI=1S/C11H13FO/c1-2-7-6-10(13)8-4-3-5-9(12)11(7)8/h3-5,7,10,13H,2,6H2,1H3. The third-order valence-electron chi connectivity index (χ3n) is 2.85. The molecule has 0 saturated heterocycles. The smallest absolute Gasteiger partial charge is 0.127 e. The first-order valence-corrected chi connectivity index (χ1v) is 4.70. The Morgan fingerprint density at radius 3 is 3.00 bits per heavy atom. The van der Waals surface area contributed by atoms with E-state index < -0.39 is 6.10 Å². The number of rotatable bonds is 1. The fourth-order valence-corrected chi connectivity index (χ4v) is 2.16. The van der Waals surface area contributed by atoms with Crippen LogP contribution in [0.15, 0.2) is 18.2 Å². The van der Waals surface area contributed by atoms with E-state index in [9.17, 15) is 9.50 Å². The molecule has 0 radical (unpaired) electrons. The van der Waals surface area contributed by atoms with Crippen LogP contribution in [0.1, 0.15) is 42.9 Å². The van der Waals surface area contributed by atoms with E-state index in [0.29, 0.717) is 6.42 Å². The predicted molar refractivity (Wildman–Crippen MR) is 49.0 cm³/mol. The van der Waals surface area contributed by atoms with Crippen molar-refractivity contribution in [2.75, 3.05) is 0 Å². The van der Waals surface area contributed by atoms with Crippen LogP contribution < -0.4 is 0 Å². The Morgan fingerprint density at radius 1 is 1.54 bits per heavy atom. The van der Waals surface area contributed by atoms with Gasteiger partial charge in [-0.15, -0.1) is 0 Å². The summed E-state index contributed by atoms with van der Waals surface area (Å²) in [4.78, 5) is 0. The van der Waals surface area contributed by atoms with Gasteiger partial charge in [-0.05, 0) is 36.0 Å². The molecule has 2 rings (SSSR count). The van der Waals surface area contributed by atoms with Crippen LogP contribution in [-0.2, 0) is 0 Å². The SMILES string of the molecule is CCC1CC(O)c2cccc(F)c21. The van der Waals surface area contributed by atoms with Crippen molar-refractivity contribution in [3.63, 3.8) is 0 Å². The lowest BCUT2D eigenvalue weighted by molar-refractivity contribution is 0.172. The Morgan fingerprint density at radius 2 is 2.31 bits per heavy atom. The van der Waals surface area contributed by atoms with Gasteiger partial charge in [0.05, 0.1) is 6.10 Å². The number of hydrogen-bond acceptors (Lipinski definition) is 1. The largest absolute Gasteiger partial charge is 0.388 e. The van der Waals surface area contributed by atoms with Gasteiger partial charge in [0.15, 0.2) is 0 Å². The van der Waals surface area contributed by atoms with Gasteiger partial charge in [-0.3, -0.25) is 0 Å². The zero-order valence-corrected chi connectivity index (χ0v) is 7.63. The van der Waals surface area contributed by atoms with Crippen LogP contribution in [0.3, 0.4) is 0 Å². The quantitative estimate of drug-likeness (QED) is 0.704. The summed E-state index contributed by atoms with van der Waals surface area (Å²) in [6, 6.07) is 4.95. The summed E-state index contributed by atoms with van der Waals surface area (Å²) in [5.74, 6) is 0.0344. The van der Waals surface area contributed by atoms with E-state index in [4.69, 9.17) is 0 Å². The minimum Gasteiger partial charge on any atom is -0.388 e. The zero-order valence-electron chi connectivity index (χ0n) is 7.63. The molecule has 0 aromatic heterocycles. The first kappa shape index (κ1) is 8.70. The molecule has 0 fully saturated rings. The highest BCUT2D eigenvalue weighted by molar-refractivity contribution is 5.37. The summed E-state index contributed by atoms with van der Waals surface area (Å²) in [6.07, 6.45) is 1.10. The molecule has 70 valence electrons. The Hall–Kier alpha value is -0.890. The lowest BCUT2D eigenvalue weighted by Gasteiger charge is -2.07. The highest BCUT2D eigenvalue weighted by atomic mass is 19.1. The molecule has 2 atom stereocenters. The molecule has 1 N–H and O–H groups in total. The van der Waals surface area contributed by atoms with Gasteiger partial charge in [-0.1, -0.05) is 19.1 Å². The summed E-state index contributed by atoms with van der Waals surface area (Å²) in [6.45, 7) is 2.03. The predicted octanol–water partition coefficient (Wildman–Crippen LogP) is 2.76. The molecule has 0 heterocycles. The summed E-state index contributed by atoms with van der Waals surface area (Å²) < 4.78 is 13.4. The average Bonchev–Trinajstić information content (AvgIpc) is 2.45. The molecule has 2 unspecified atom stereocenters. The molecule has 13 heavy (non-hydrogen) atoms. The lowest BCUT2D eigenvalue weighted by atomic mass is 9.98. The van der Waals surface area contributed by atoms with Gasteiger partial charge < -0.3 is 5.11 Å². The number of aliphatic hydroxyl groups is 1. The molecule has 2 heteroatoms. The topological polar surface area (TPSA) is 20.2 Å². The molecular formula is C11H13FO. The number of aliphatic hydroxyl groups excluding tert-OH is 1.